The van der Waals surface area contributed by atoms with Gasteiger partial charge in [0.15, 0.2) is 5.16 Å². The minimum absolute atomic E-state index is 0.0448. The molecule has 0 radical (unpaired) electrons. The van der Waals surface area contributed by atoms with E-state index in [-0.39, 0.29) is 5.91 Å². The average molecular weight is 421 g/mol. The molecule has 1 heterocycles. The fourth-order valence-corrected chi connectivity index (χ4v) is 4.00. The number of amides is 1. The zero-order chi connectivity index (χ0) is 21.5. The number of nitrogens with zero attached hydrogens (tertiary/aromatic N) is 3. The predicted octanol–water partition coefficient (Wildman–Crippen LogP) is 4.77. The third-order valence-electron chi connectivity index (χ3n) is 4.86. The summed E-state index contributed by atoms with van der Waals surface area (Å²) in [6, 6.07) is 18.1. The van der Waals surface area contributed by atoms with Crippen molar-refractivity contribution in [3.8, 4) is 0 Å². The van der Waals surface area contributed by atoms with E-state index in [2.05, 4.69) is 53.4 Å². The lowest BCUT2D eigenvalue weighted by atomic mass is 10.1. The van der Waals surface area contributed by atoms with Gasteiger partial charge in [0.1, 0.15) is 5.82 Å². The maximum Gasteiger partial charge on any atom is 0.251 e. The fraction of sp³-hybridized carbons (Fsp3) is 0.292. The van der Waals surface area contributed by atoms with Crippen molar-refractivity contribution in [2.24, 2.45) is 0 Å². The van der Waals surface area contributed by atoms with Gasteiger partial charge in [0.05, 0.1) is 0 Å². The van der Waals surface area contributed by atoms with Crippen LogP contribution in [0.25, 0.3) is 0 Å². The van der Waals surface area contributed by atoms with Crippen LogP contribution in [-0.2, 0) is 12.3 Å². The summed E-state index contributed by atoms with van der Waals surface area (Å²) in [7, 11) is 2.06. The zero-order valence-electron chi connectivity index (χ0n) is 18.0. The minimum Gasteiger partial charge on any atom is -0.355 e. The van der Waals surface area contributed by atoms with Gasteiger partial charge in [0, 0.05) is 42.7 Å². The van der Waals surface area contributed by atoms with Crippen LogP contribution in [0.1, 0.15) is 39.7 Å². The fourth-order valence-electron chi connectivity index (χ4n) is 3.17. The summed E-state index contributed by atoms with van der Waals surface area (Å²) in [6.07, 6.45) is 0. The molecule has 3 aromatic rings. The van der Waals surface area contributed by atoms with Crippen molar-refractivity contribution in [1.29, 1.82) is 0 Å². The maximum absolute atomic E-state index is 12.1. The first-order valence-corrected chi connectivity index (χ1v) is 11.1. The van der Waals surface area contributed by atoms with Gasteiger partial charge in [-0.15, -0.1) is 0 Å². The number of nitrogens with one attached hydrogen (secondary N) is 1. The van der Waals surface area contributed by atoms with Crippen LogP contribution in [0.15, 0.2) is 59.8 Å². The Morgan fingerprint density at radius 2 is 1.77 bits per heavy atom. The topological polar surface area (TPSA) is 58.1 Å². The lowest BCUT2D eigenvalue weighted by molar-refractivity contribution is 0.0955. The van der Waals surface area contributed by atoms with Gasteiger partial charge in [-0.1, -0.05) is 54.2 Å². The minimum atomic E-state index is -0.0448. The standard InChI is InChI=1S/C24H28N4OS/c1-5-25-23(29)21-13-9-12-20(14-21)16-30-24-26-18(3)17(2)22(27-24)28(4)15-19-10-7-6-8-11-19/h6-14H,5,15-16H2,1-4H3,(H,25,29). The molecule has 3 rings (SSSR count). The third kappa shape index (κ3) is 5.60. The first kappa shape index (κ1) is 21.8. The number of anilines is 1. The molecule has 0 unspecified atom stereocenters. The number of rotatable bonds is 8. The molecule has 1 N–H and O–H groups in total. The molecule has 1 amide bonds. The Morgan fingerprint density at radius 1 is 1.03 bits per heavy atom. The highest BCUT2D eigenvalue weighted by Gasteiger charge is 2.13. The largest absolute Gasteiger partial charge is 0.355 e. The van der Waals surface area contributed by atoms with Gasteiger partial charge >= 0.3 is 0 Å². The quantitative estimate of drug-likeness (QED) is 0.420. The van der Waals surface area contributed by atoms with Gasteiger partial charge in [-0.25, -0.2) is 9.97 Å². The maximum atomic E-state index is 12.1. The molecule has 5 nitrogen and oxygen atoms in total. The van der Waals surface area contributed by atoms with Crippen LogP contribution in [0.3, 0.4) is 0 Å². The molecule has 0 fully saturated rings. The number of hydrogen-bond donors (Lipinski definition) is 1. The highest BCUT2D eigenvalue weighted by atomic mass is 32.2. The molecule has 1 aromatic heterocycles. The number of hydrogen-bond acceptors (Lipinski definition) is 5. The van der Waals surface area contributed by atoms with Gasteiger partial charge in [-0.05, 0) is 44.0 Å². The van der Waals surface area contributed by atoms with Crippen LogP contribution >= 0.6 is 11.8 Å². The normalized spacial score (nSPS) is 10.7. The molecule has 0 aliphatic heterocycles. The molecule has 0 atom stereocenters. The number of thioether (sulfide) groups is 1. The Bertz CT molecular complexity index is 1010. The van der Waals surface area contributed by atoms with Gasteiger partial charge in [0.25, 0.3) is 5.91 Å². The highest BCUT2D eigenvalue weighted by molar-refractivity contribution is 7.98. The summed E-state index contributed by atoms with van der Waals surface area (Å²) < 4.78 is 0. The Labute approximate surface area is 182 Å². The monoisotopic (exact) mass is 420 g/mol. The van der Waals surface area contributed by atoms with Crippen molar-refractivity contribution in [3.63, 3.8) is 0 Å². The second-order valence-electron chi connectivity index (χ2n) is 7.23. The summed E-state index contributed by atoms with van der Waals surface area (Å²) in [6.45, 7) is 7.42. The van der Waals surface area contributed by atoms with Crippen LogP contribution in [0.2, 0.25) is 0 Å². The SMILES string of the molecule is CCNC(=O)c1cccc(CSc2nc(C)c(C)c(N(C)Cc3ccccc3)n2)c1. The molecule has 0 bridgehead atoms. The van der Waals surface area contributed by atoms with E-state index in [9.17, 15) is 4.79 Å². The van der Waals surface area contributed by atoms with Crippen molar-refractivity contribution >= 4 is 23.5 Å². The molecule has 0 saturated carbocycles. The van der Waals surface area contributed by atoms with E-state index < -0.39 is 0 Å². The van der Waals surface area contributed by atoms with Crippen molar-refractivity contribution in [2.45, 2.75) is 38.2 Å². The Hall–Kier alpha value is -2.86. The summed E-state index contributed by atoms with van der Waals surface area (Å²) >= 11 is 1.59. The molecular weight excluding hydrogens is 392 g/mol. The van der Waals surface area contributed by atoms with Gasteiger partial charge < -0.3 is 10.2 Å². The van der Waals surface area contributed by atoms with Crippen LogP contribution in [0.4, 0.5) is 5.82 Å². The van der Waals surface area contributed by atoms with Crippen molar-refractivity contribution in [3.05, 3.63) is 82.5 Å². The smallest absolute Gasteiger partial charge is 0.251 e. The van der Waals surface area contributed by atoms with E-state index >= 15 is 0 Å². The van der Waals surface area contributed by atoms with Gasteiger partial charge in [-0.2, -0.15) is 0 Å². The summed E-state index contributed by atoms with van der Waals surface area (Å²) in [5.74, 6) is 1.61. The second kappa shape index (κ2) is 10.3. The lowest BCUT2D eigenvalue weighted by Gasteiger charge is -2.21. The molecule has 0 aliphatic rings. The number of carbonyl (C=O) groups is 1. The molecular formula is C24H28N4OS. The van der Waals surface area contributed by atoms with E-state index in [1.165, 1.54) is 5.56 Å². The summed E-state index contributed by atoms with van der Waals surface area (Å²) in [5, 5.41) is 3.59. The van der Waals surface area contributed by atoms with Crippen molar-refractivity contribution in [2.75, 3.05) is 18.5 Å². The van der Waals surface area contributed by atoms with Crippen LogP contribution in [-0.4, -0.2) is 29.5 Å². The number of benzene rings is 2. The number of aromatic nitrogens is 2. The Balaban J connectivity index is 1.74. The second-order valence-corrected chi connectivity index (χ2v) is 8.17. The summed E-state index contributed by atoms with van der Waals surface area (Å²) in [4.78, 5) is 23.7. The van der Waals surface area contributed by atoms with Gasteiger partial charge in [-0.3, -0.25) is 4.79 Å². The molecule has 2 aromatic carbocycles. The number of aryl methyl sites for hydroxylation is 1. The summed E-state index contributed by atoms with van der Waals surface area (Å²) in [5.41, 5.74) is 5.07. The van der Waals surface area contributed by atoms with Crippen LogP contribution < -0.4 is 10.2 Å². The molecule has 30 heavy (non-hydrogen) atoms. The average Bonchev–Trinajstić information content (AvgIpc) is 2.75. The van der Waals surface area contributed by atoms with Crippen LogP contribution in [0.5, 0.6) is 0 Å². The van der Waals surface area contributed by atoms with Crippen molar-refractivity contribution in [1.82, 2.24) is 15.3 Å². The Kier molecular flexibility index (Phi) is 7.46. The molecule has 0 aliphatic carbocycles. The van der Waals surface area contributed by atoms with Gasteiger partial charge in [0.2, 0.25) is 0 Å². The molecule has 0 spiro atoms. The third-order valence-corrected chi connectivity index (χ3v) is 5.78. The van der Waals surface area contributed by atoms with E-state index in [1.54, 1.807) is 11.8 Å². The first-order chi connectivity index (χ1) is 14.5. The molecule has 156 valence electrons. The van der Waals surface area contributed by atoms with E-state index in [1.807, 2.05) is 44.2 Å². The van der Waals surface area contributed by atoms with E-state index in [0.29, 0.717) is 17.9 Å². The zero-order valence-corrected chi connectivity index (χ0v) is 18.8. The first-order valence-electron chi connectivity index (χ1n) is 10.1. The number of carbonyl (C=O) groups excluding carboxylic acids is 1. The predicted molar refractivity (Wildman–Crippen MR) is 124 cm³/mol. The van der Waals surface area contributed by atoms with E-state index in [4.69, 9.17) is 4.98 Å². The molecule has 6 heteroatoms. The lowest BCUT2D eigenvalue weighted by Crippen LogP contribution is -2.22. The Morgan fingerprint density at radius 3 is 2.50 bits per heavy atom. The van der Waals surface area contributed by atoms with Crippen molar-refractivity contribution < 1.29 is 4.79 Å². The highest BCUT2D eigenvalue weighted by Crippen LogP contribution is 2.26. The molecule has 0 saturated heterocycles. The van der Waals surface area contributed by atoms with Crippen LogP contribution in [0, 0.1) is 13.8 Å². The van der Waals surface area contributed by atoms with E-state index in [0.717, 1.165) is 34.3 Å².